The Bertz CT molecular complexity index is 513. The largest absolute Gasteiger partial charge is 0.516 e. The summed E-state index contributed by atoms with van der Waals surface area (Å²) in [6.45, 7) is 8.03. The van der Waals surface area contributed by atoms with Crippen LogP contribution in [0.3, 0.4) is 0 Å². The molecular weight excluding hydrogens is 255 g/mol. The first-order valence-electron chi connectivity index (χ1n) is 7.06. The van der Waals surface area contributed by atoms with E-state index in [1.54, 1.807) is 12.3 Å². The molecule has 2 heterocycles. The smallest absolute Gasteiger partial charge is 0.489 e. The highest BCUT2D eigenvalue weighted by atomic mass is 16.7. The maximum Gasteiger partial charge on any atom is 0.516 e. The maximum absolute atomic E-state index is 6.07. The van der Waals surface area contributed by atoms with E-state index < -0.39 is 18.3 Å². The van der Waals surface area contributed by atoms with Gasteiger partial charge in [-0.05, 0) is 40.5 Å². The summed E-state index contributed by atoms with van der Waals surface area (Å²) in [5.41, 5.74) is 6.44. The molecule has 2 N–H and O–H groups in total. The second-order valence-corrected chi connectivity index (χ2v) is 6.55. The van der Waals surface area contributed by atoms with Gasteiger partial charge in [-0.3, -0.25) is 4.98 Å². The summed E-state index contributed by atoms with van der Waals surface area (Å²) in [5, 5.41) is 0. The minimum Gasteiger partial charge on any atom is -0.489 e. The van der Waals surface area contributed by atoms with Crippen molar-refractivity contribution in [2.24, 2.45) is 0 Å². The molecular formula is C14H21BN2O3. The molecule has 0 spiro atoms. The van der Waals surface area contributed by atoms with E-state index in [2.05, 4.69) is 4.98 Å². The lowest BCUT2D eigenvalue weighted by atomic mass is 9.83. The number of hydrogen-bond acceptors (Lipinski definition) is 5. The topological polar surface area (TPSA) is 66.6 Å². The lowest BCUT2D eigenvalue weighted by Gasteiger charge is -2.32. The number of pyridine rings is 1. The Morgan fingerprint density at radius 2 is 1.85 bits per heavy atom. The number of nitrogen functional groups attached to an aromatic ring is 1. The van der Waals surface area contributed by atoms with Crippen LogP contribution in [0.25, 0.3) is 0 Å². The molecule has 0 atom stereocenters. The highest BCUT2D eigenvalue weighted by molar-refractivity contribution is 6.62. The Kier molecular flexibility index (Phi) is 2.99. The Balaban J connectivity index is 1.80. The van der Waals surface area contributed by atoms with Crippen LogP contribution in [0.2, 0.25) is 0 Å². The van der Waals surface area contributed by atoms with Crippen molar-refractivity contribution in [1.82, 2.24) is 4.98 Å². The Labute approximate surface area is 119 Å². The van der Waals surface area contributed by atoms with Crippen molar-refractivity contribution >= 4 is 18.4 Å². The molecule has 0 bridgehead atoms. The summed E-state index contributed by atoms with van der Waals surface area (Å²) in [4.78, 5) is 4.37. The molecule has 6 heteroatoms. The van der Waals surface area contributed by atoms with Gasteiger partial charge in [-0.2, -0.15) is 0 Å². The molecule has 2 aliphatic rings. The van der Waals surface area contributed by atoms with E-state index in [-0.39, 0.29) is 0 Å². The van der Waals surface area contributed by atoms with Crippen LogP contribution in [-0.4, -0.2) is 29.4 Å². The average Bonchev–Trinajstić information content (AvgIpc) is 3.07. The predicted octanol–water partition coefficient (Wildman–Crippen LogP) is 1.50. The molecule has 20 heavy (non-hydrogen) atoms. The van der Waals surface area contributed by atoms with Crippen LogP contribution in [0.15, 0.2) is 12.3 Å². The zero-order chi connectivity index (χ0) is 14.5. The van der Waals surface area contributed by atoms with Crippen LogP contribution in [-0.2, 0) is 9.31 Å². The van der Waals surface area contributed by atoms with Crippen LogP contribution < -0.4 is 16.1 Å². The summed E-state index contributed by atoms with van der Waals surface area (Å²) in [6.07, 6.45) is 4.24. The highest BCUT2D eigenvalue weighted by Gasteiger charge is 2.52. The number of nitrogens with two attached hydrogens (primary N) is 1. The van der Waals surface area contributed by atoms with Crippen LogP contribution in [0, 0.1) is 0 Å². The fourth-order valence-corrected chi connectivity index (χ4v) is 2.07. The summed E-state index contributed by atoms with van der Waals surface area (Å²) < 4.78 is 17.6. The van der Waals surface area contributed by atoms with Crippen LogP contribution in [0.4, 0.5) is 5.69 Å². The van der Waals surface area contributed by atoms with Gasteiger partial charge in [0.1, 0.15) is 5.75 Å². The van der Waals surface area contributed by atoms with Crippen LogP contribution in [0.1, 0.15) is 40.5 Å². The van der Waals surface area contributed by atoms with Crippen molar-refractivity contribution in [3.05, 3.63) is 12.3 Å². The van der Waals surface area contributed by atoms with E-state index in [9.17, 15) is 0 Å². The van der Waals surface area contributed by atoms with Crippen molar-refractivity contribution in [3.8, 4) is 5.75 Å². The molecule has 1 aromatic heterocycles. The van der Waals surface area contributed by atoms with E-state index in [0.29, 0.717) is 23.1 Å². The van der Waals surface area contributed by atoms with Gasteiger partial charge in [-0.25, -0.2) is 0 Å². The number of aromatic nitrogens is 1. The van der Waals surface area contributed by atoms with Gasteiger partial charge in [0.2, 0.25) is 0 Å². The normalized spacial score (nSPS) is 23.9. The van der Waals surface area contributed by atoms with Crippen molar-refractivity contribution in [2.45, 2.75) is 57.8 Å². The Morgan fingerprint density at radius 1 is 1.25 bits per heavy atom. The summed E-state index contributed by atoms with van der Waals surface area (Å²) in [7, 11) is -0.532. The molecule has 1 aromatic rings. The van der Waals surface area contributed by atoms with E-state index in [4.69, 9.17) is 19.8 Å². The average molecular weight is 276 g/mol. The monoisotopic (exact) mass is 276 g/mol. The minimum absolute atomic E-state index is 0.332. The van der Waals surface area contributed by atoms with Gasteiger partial charge in [-0.1, -0.05) is 0 Å². The van der Waals surface area contributed by atoms with E-state index >= 15 is 0 Å². The maximum atomic E-state index is 6.07. The molecule has 0 aromatic carbocycles. The zero-order valence-corrected chi connectivity index (χ0v) is 12.5. The van der Waals surface area contributed by atoms with Crippen molar-refractivity contribution in [3.63, 3.8) is 0 Å². The second kappa shape index (κ2) is 4.36. The number of hydrogen-bond donors (Lipinski definition) is 1. The molecule has 2 fully saturated rings. The third kappa shape index (κ3) is 2.38. The zero-order valence-electron chi connectivity index (χ0n) is 12.5. The van der Waals surface area contributed by atoms with Gasteiger partial charge in [0, 0.05) is 6.07 Å². The minimum atomic E-state index is -0.532. The van der Waals surface area contributed by atoms with Gasteiger partial charge in [0.25, 0.3) is 0 Å². The first kappa shape index (κ1) is 13.7. The number of anilines is 1. The van der Waals surface area contributed by atoms with E-state index in [0.717, 1.165) is 12.8 Å². The Morgan fingerprint density at radius 3 is 2.35 bits per heavy atom. The molecule has 0 unspecified atom stereocenters. The summed E-state index contributed by atoms with van der Waals surface area (Å²) in [6, 6.07) is 1.80. The molecule has 1 aliphatic carbocycles. The summed E-state index contributed by atoms with van der Waals surface area (Å²) in [5.74, 6) is 0.713. The van der Waals surface area contributed by atoms with Crippen molar-refractivity contribution in [1.29, 1.82) is 0 Å². The second-order valence-electron chi connectivity index (χ2n) is 6.55. The lowest BCUT2D eigenvalue weighted by Crippen LogP contribution is -2.41. The third-order valence-corrected chi connectivity index (χ3v) is 4.23. The fraction of sp³-hybridized carbons (Fsp3) is 0.643. The van der Waals surface area contributed by atoms with Gasteiger partial charge in [0.05, 0.1) is 34.8 Å². The first-order chi connectivity index (χ1) is 9.28. The molecule has 3 rings (SSSR count). The molecule has 1 aliphatic heterocycles. The number of ether oxygens (including phenoxy) is 1. The van der Waals surface area contributed by atoms with Gasteiger partial charge < -0.3 is 19.8 Å². The van der Waals surface area contributed by atoms with Crippen molar-refractivity contribution < 1.29 is 14.0 Å². The molecule has 108 valence electrons. The number of rotatable bonds is 3. The molecule has 1 saturated heterocycles. The van der Waals surface area contributed by atoms with Gasteiger partial charge in [0.15, 0.2) is 0 Å². The first-order valence-corrected chi connectivity index (χ1v) is 7.06. The third-order valence-electron chi connectivity index (χ3n) is 4.23. The molecule has 0 amide bonds. The summed E-state index contributed by atoms with van der Waals surface area (Å²) >= 11 is 0. The Hall–Kier alpha value is -1.27. The molecule has 1 saturated carbocycles. The fourth-order valence-electron chi connectivity index (χ4n) is 2.07. The van der Waals surface area contributed by atoms with Crippen LogP contribution >= 0.6 is 0 Å². The quantitative estimate of drug-likeness (QED) is 0.847. The number of nitrogens with zero attached hydrogens (tertiary/aromatic N) is 1. The lowest BCUT2D eigenvalue weighted by molar-refractivity contribution is 0.00578. The highest BCUT2D eigenvalue weighted by Crippen LogP contribution is 2.37. The van der Waals surface area contributed by atoms with Gasteiger partial charge >= 0.3 is 7.12 Å². The standard InChI is InChI=1S/C14H21BN2O3/c1-13(2)14(3,4)20-15(19-13)12-11(16)7-10(8-17-12)18-9-5-6-9/h7-9H,5-6,16H2,1-4H3. The predicted molar refractivity (Wildman–Crippen MR) is 78.0 cm³/mol. The van der Waals surface area contributed by atoms with Crippen LogP contribution in [0.5, 0.6) is 5.75 Å². The van der Waals surface area contributed by atoms with Gasteiger partial charge in [-0.15, -0.1) is 0 Å². The SMILES string of the molecule is CC1(C)OB(c2ncc(OC3CC3)cc2N)OC1(C)C. The molecule has 0 radical (unpaired) electrons. The van der Waals surface area contributed by atoms with E-state index in [1.165, 1.54) is 0 Å². The van der Waals surface area contributed by atoms with Crippen molar-refractivity contribution in [2.75, 3.05) is 5.73 Å². The van der Waals surface area contributed by atoms with E-state index in [1.807, 2.05) is 27.7 Å². The molecule has 5 nitrogen and oxygen atoms in total.